The zero-order chi connectivity index (χ0) is 13.1. The lowest BCUT2D eigenvalue weighted by Gasteiger charge is -2.36. The number of nitrogens with one attached hydrogen (secondary N) is 2. The molecule has 96 valence electrons. The Morgan fingerprint density at radius 2 is 2.22 bits per heavy atom. The number of likely N-dealkylation sites (N-methyl/N-ethyl adjacent to an activating group) is 1. The molecule has 0 aliphatic heterocycles. The second-order valence-corrected chi connectivity index (χ2v) is 5.76. The molecule has 0 amide bonds. The average molecular weight is 308 g/mol. The van der Waals surface area contributed by atoms with Gasteiger partial charge in [-0.1, -0.05) is 34.5 Å². The van der Waals surface area contributed by atoms with Crippen molar-refractivity contribution in [1.29, 1.82) is 10.8 Å². The molecule has 0 heterocycles. The fourth-order valence-electron chi connectivity index (χ4n) is 2.42. The quantitative estimate of drug-likeness (QED) is 0.644. The van der Waals surface area contributed by atoms with Gasteiger partial charge >= 0.3 is 0 Å². The van der Waals surface area contributed by atoms with Gasteiger partial charge in [-0.2, -0.15) is 0 Å². The summed E-state index contributed by atoms with van der Waals surface area (Å²) in [7, 11) is 1.78. The average Bonchev–Trinajstić information content (AvgIpc) is 2.31. The van der Waals surface area contributed by atoms with Crippen molar-refractivity contribution in [1.82, 2.24) is 4.90 Å². The molecule has 1 aromatic rings. The number of amidine groups is 1. The van der Waals surface area contributed by atoms with Crippen molar-refractivity contribution in [2.45, 2.75) is 25.2 Å². The molecule has 4 heteroatoms. The van der Waals surface area contributed by atoms with Crippen LogP contribution in [0.2, 0.25) is 0 Å². The van der Waals surface area contributed by atoms with Gasteiger partial charge in [-0.15, -0.1) is 0 Å². The van der Waals surface area contributed by atoms with Crippen LogP contribution >= 0.6 is 15.9 Å². The van der Waals surface area contributed by atoms with E-state index in [-0.39, 0.29) is 5.92 Å². The molecule has 18 heavy (non-hydrogen) atoms. The molecule has 0 aromatic heterocycles. The molecule has 0 saturated heterocycles. The van der Waals surface area contributed by atoms with E-state index in [4.69, 9.17) is 10.8 Å². The lowest BCUT2D eigenvalue weighted by molar-refractivity contribution is 0.291. The van der Waals surface area contributed by atoms with Gasteiger partial charge in [0.05, 0.1) is 6.34 Å². The number of nitrogens with zero attached hydrogens (tertiary/aromatic N) is 1. The molecule has 0 radical (unpaired) electrons. The van der Waals surface area contributed by atoms with Crippen LogP contribution in [0.3, 0.4) is 0 Å². The molecular formula is C14H18BrN3. The summed E-state index contributed by atoms with van der Waals surface area (Å²) in [6, 6.07) is 8.20. The number of rotatable bonds is 4. The van der Waals surface area contributed by atoms with E-state index in [0.717, 1.165) is 4.47 Å². The van der Waals surface area contributed by atoms with Crippen LogP contribution in [-0.2, 0) is 0 Å². The molecule has 1 aromatic carbocycles. The van der Waals surface area contributed by atoms with Crippen LogP contribution in [0.5, 0.6) is 0 Å². The Morgan fingerprint density at radius 3 is 2.72 bits per heavy atom. The third kappa shape index (κ3) is 2.64. The second-order valence-electron chi connectivity index (χ2n) is 4.85. The van der Waals surface area contributed by atoms with Crippen molar-refractivity contribution in [2.24, 2.45) is 5.92 Å². The maximum atomic E-state index is 8.29. The highest BCUT2D eigenvalue weighted by Gasteiger charge is 2.32. The predicted octanol–water partition coefficient (Wildman–Crippen LogP) is 3.85. The zero-order valence-electron chi connectivity index (χ0n) is 10.5. The van der Waals surface area contributed by atoms with E-state index in [2.05, 4.69) is 28.1 Å². The van der Waals surface area contributed by atoms with Crippen molar-refractivity contribution in [2.75, 3.05) is 7.05 Å². The van der Waals surface area contributed by atoms with Crippen LogP contribution in [0.25, 0.3) is 0 Å². The van der Waals surface area contributed by atoms with Crippen molar-refractivity contribution in [3.63, 3.8) is 0 Å². The van der Waals surface area contributed by atoms with Gasteiger partial charge in [0.25, 0.3) is 0 Å². The van der Waals surface area contributed by atoms with Gasteiger partial charge in [0, 0.05) is 17.4 Å². The predicted molar refractivity (Wildman–Crippen MR) is 78.5 cm³/mol. The van der Waals surface area contributed by atoms with Gasteiger partial charge in [0.15, 0.2) is 0 Å². The monoisotopic (exact) mass is 307 g/mol. The zero-order valence-corrected chi connectivity index (χ0v) is 12.1. The lowest BCUT2D eigenvalue weighted by Crippen LogP contribution is -2.36. The van der Waals surface area contributed by atoms with Crippen molar-refractivity contribution in [3.8, 4) is 0 Å². The lowest BCUT2D eigenvalue weighted by atomic mass is 9.72. The van der Waals surface area contributed by atoms with Crippen LogP contribution < -0.4 is 0 Å². The SMILES string of the molecule is CN(C=N)C(=N)C(c1cccc(Br)c1)C1CCC1. The van der Waals surface area contributed by atoms with Crippen molar-refractivity contribution in [3.05, 3.63) is 34.3 Å². The molecule has 1 atom stereocenters. The molecule has 1 saturated carbocycles. The normalized spacial score (nSPS) is 16.8. The van der Waals surface area contributed by atoms with Crippen LogP contribution in [0.15, 0.2) is 28.7 Å². The molecule has 1 unspecified atom stereocenters. The van der Waals surface area contributed by atoms with E-state index in [1.54, 1.807) is 11.9 Å². The number of halogens is 1. The van der Waals surface area contributed by atoms with Crippen LogP contribution in [0.1, 0.15) is 30.7 Å². The molecule has 1 aliphatic carbocycles. The minimum absolute atomic E-state index is 0.114. The van der Waals surface area contributed by atoms with Crippen LogP contribution in [0.4, 0.5) is 0 Å². The summed E-state index contributed by atoms with van der Waals surface area (Å²) in [6.45, 7) is 0. The largest absolute Gasteiger partial charge is 0.324 e. The maximum Gasteiger partial charge on any atom is 0.109 e. The highest BCUT2D eigenvalue weighted by atomic mass is 79.9. The van der Waals surface area contributed by atoms with Gasteiger partial charge in [-0.3, -0.25) is 10.8 Å². The number of benzene rings is 1. The Kier molecular flexibility index (Phi) is 4.17. The van der Waals surface area contributed by atoms with E-state index in [9.17, 15) is 0 Å². The first-order chi connectivity index (χ1) is 8.63. The fraction of sp³-hybridized carbons (Fsp3) is 0.429. The standard InChI is InChI=1S/C14H18BrN3/c1-18(9-16)14(17)13(10-4-2-5-10)11-6-3-7-12(15)8-11/h3,6-10,13,16-17H,2,4-5H2,1H3. The summed E-state index contributed by atoms with van der Waals surface area (Å²) in [5, 5.41) is 15.6. The van der Waals surface area contributed by atoms with Gasteiger partial charge in [0.2, 0.25) is 0 Å². The van der Waals surface area contributed by atoms with E-state index in [1.807, 2.05) is 12.1 Å². The molecule has 0 bridgehead atoms. The van der Waals surface area contributed by atoms with Crippen molar-refractivity contribution < 1.29 is 0 Å². The van der Waals surface area contributed by atoms with E-state index < -0.39 is 0 Å². The fourth-order valence-corrected chi connectivity index (χ4v) is 2.83. The van der Waals surface area contributed by atoms with E-state index in [0.29, 0.717) is 11.8 Å². The molecule has 0 spiro atoms. The highest BCUT2D eigenvalue weighted by Crippen LogP contribution is 2.40. The van der Waals surface area contributed by atoms with Crippen molar-refractivity contribution >= 4 is 28.1 Å². The molecule has 3 nitrogen and oxygen atoms in total. The Hall–Kier alpha value is -1.16. The molecular weight excluding hydrogens is 290 g/mol. The number of hydrogen-bond donors (Lipinski definition) is 2. The summed E-state index contributed by atoms with van der Waals surface area (Å²) >= 11 is 3.49. The first-order valence-corrected chi connectivity index (χ1v) is 7.00. The summed E-state index contributed by atoms with van der Waals surface area (Å²) in [5.41, 5.74) is 1.17. The van der Waals surface area contributed by atoms with E-state index in [1.165, 1.54) is 31.2 Å². The smallest absolute Gasteiger partial charge is 0.109 e. The van der Waals surface area contributed by atoms with Gasteiger partial charge < -0.3 is 4.90 Å². The number of hydrogen-bond acceptors (Lipinski definition) is 2. The molecule has 1 aliphatic rings. The highest BCUT2D eigenvalue weighted by molar-refractivity contribution is 9.10. The van der Waals surface area contributed by atoms with Gasteiger partial charge in [-0.25, -0.2) is 0 Å². The maximum absolute atomic E-state index is 8.29. The minimum atomic E-state index is 0.114. The third-order valence-corrected chi connectivity index (χ3v) is 4.19. The van der Waals surface area contributed by atoms with Gasteiger partial charge in [0.1, 0.15) is 5.84 Å². The van der Waals surface area contributed by atoms with E-state index >= 15 is 0 Å². The summed E-state index contributed by atoms with van der Waals surface area (Å²) < 4.78 is 1.05. The molecule has 1 fully saturated rings. The molecule has 2 N–H and O–H groups in total. The Balaban J connectivity index is 2.30. The summed E-state index contributed by atoms with van der Waals surface area (Å²) in [4.78, 5) is 1.60. The topological polar surface area (TPSA) is 50.9 Å². The Bertz CT molecular complexity index is 454. The summed E-state index contributed by atoms with van der Waals surface area (Å²) in [5.74, 6) is 1.19. The van der Waals surface area contributed by atoms with Gasteiger partial charge in [-0.05, 0) is 36.5 Å². The van der Waals surface area contributed by atoms with Crippen LogP contribution in [0, 0.1) is 16.7 Å². The second kappa shape index (κ2) is 5.65. The first kappa shape index (κ1) is 13.3. The summed E-state index contributed by atoms with van der Waals surface area (Å²) in [6.07, 6.45) is 4.85. The van der Waals surface area contributed by atoms with Crippen LogP contribution in [-0.4, -0.2) is 24.1 Å². The minimum Gasteiger partial charge on any atom is -0.324 e. The Labute approximate surface area is 116 Å². The Morgan fingerprint density at radius 1 is 1.50 bits per heavy atom. The first-order valence-electron chi connectivity index (χ1n) is 6.21. The molecule has 2 rings (SSSR count). The third-order valence-electron chi connectivity index (χ3n) is 3.70.